The maximum Gasteiger partial charge on any atom is 0.230 e. The molecule has 0 aliphatic carbocycles. The Morgan fingerprint density at radius 2 is 2.13 bits per heavy atom. The Balaban J connectivity index is 2.04. The Bertz CT molecular complexity index is 671. The van der Waals surface area contributed by atoms with Gasteiger partial charge in [0.25, 0.3) is 0 Å². The second-order valence-electron chi connectivity index (χ2n) is 5.85. The van der Waals surface area contributed by atoms with E-state index < -0.39 is 0 Å². The molecule has 2 N–H and O–H groups in total. The molecule has 0 fully saturated rings. The molecular weight excluding hydrogens is 310 g/mol. The van der Waals surface area contributed by atoms with E-state index in [2.05, 4.69) is 21.8 Å². The van der Waals surface area contributed by atoms with Gasteiger partial charge in [-0.25, -0.2) is 4.98 Å². The van der Waals surface area contributed by atoms with Crippen molar-refractivity contribution in [1.29, 1.82) is 0 Å². The number of fused-ring (bicyclic) bond motifs is 1. The topological polar surface area (TPSA) is 67.2 Å². The van der Waals surface area contributed by atoms with E-state index >= 15 is 0 Å². The summed E-state index contributed by atoms with van der Waals surface area (Å²) >= 11 is 1.45. The minimum Gasteiger partial charge on any atom is -0.396 e. The van der Waals surface area contributed by atoms with E-state index in [1.807, 2.05) is 38.1 Å². The van der Waals surface area contributed by atoms with Crippen LogP contribution in [0.4, 0.5) is 0 Å². The van der Waals surface area contributed by atoms with Gasteiger partial charge >= 0.3 is 0 Å². The number of hydrogen-bond donors (Lipinski definition) is 2. The third-order valence-corrected chi connectivity index (χ3v) is 5.13. The van der Waals surface area contributed by atoms with E-state index in [-0.39, 0.29) is 18.1 Å². The maximum absolute atomic E-state index is 12.2. The van der Waals surface area contributed by atoms with Crippen LogP contribution in [-0.2, 0) is 11.3 Å². The van der Waals surface area contributed by atoms with Crippen LogP contribution < -0.4 is 5.32 Å². The van der Waals surface area contributed by atoms with Gasteiger partial charge in [0.05, 0.1) is 16.8 Å². The van der Waals surface area contributed by atoms with Gasteiger partial charge in [-0.05, 0) is 38.8 Å². The number of thioether (sulfide) groups is 1. The van der Waals surface area contributed by atoms with Crippen molar-refractivity contribution in [3.8, 4) is 0 Å². The van der Waals surface area contributed by atoms with E-state index in [9.17, 15) is 4.79 Å². The molecule has 126 valence electrons. The summed E-state index contributed by atoms with van der Waals surface area (Å²) in [4.78, 5) is 16.8. The van der Waals surface area contributed by atoms with E-state index in [1.165, 1.54) is 11.8 Å². The summed E-state index contributed by atoms with van der Waals surface area (Å²) in [5.74, 6) is 0.298. The van der Waals surface area contributed by atoms with Crippen LogP contribution in [0.5, 0.6) is 0 Å². The molecule has 2 aromatic rings. The number of aromatic nitrogens is 2. The first-order valence-electron chi connectivity index (χ1n) is 8.03. The molecule has 1 unspecified atom stereocenters. The number of para-hydroxylation sites is 2. The predicted molar refractivity (Wildman–Crippen MR) is 94.7 cm³/mol. The summed E-state index contributed by atoms with van der Waals surface area (Å²) in [7, 11) is 0. The van der Waals surface area contributed by atoms with E-state index in [1.54, 1.807) is 0 Å². The van der Waals surface area contributed by atoms with Gasteiger partial charge in [-0.15, -0.1) is 0 Å². The molecule has 0 bridgehead atoms. The lowest BCUT2D eigenvalue weighted by molar-refractivity contribution is -0.120. The van der Waals surface area contributed by atoms with Crippen molar-refractivity contribution >= 4 is 28.7 Å². The minimum atomic E-state index is -0.350. The number of imidazole rings is 1. The van der Waals surface area contributed by atoms with E-state index in [0.717, 1.165) is 29.2 Å². The second-order valence-corrected chi connectivity index (χ2v) is 6.79. The van der Waals surface area contributed by atoms with Gasteiger partial charge < -0.3 is 15.0 Å². The van der Waals surface area contributed by atoms with E-state index in [0.29, 0.717) is 12.2 Å². The third kappa shape index (κ3) is 4.26. The fraction of sp³-hybridized carbons (Fsp3) is 0.529. The lowest BCUT2D eigenvalue weighted by atomic mass is 9.95. The highest BCUT2D eigenvalue weighted by Crippen LogP contribution is 2.24. The van der Waals surface area contributed by atoms with Crippen LogP contribution in [0, 0.1) is 0 Å². The number of amides is 1. The van der Waals surface area contributed by atoms with Gasteiger partial charge in [0.15, 0.2) is 5.16 Å². The van der Waals surface area contributed by atoms with Gasteiger partial charge in [-0.3, -0.25) is 4.79 Å². The first kappa shape index (κ1) is 17.8. The molecule has 5 nitrogen and oxygen atoms in total. The number of aliphatic hydroxyl groups is 1. The van der Waals surface area contributed by atoms with Crippen LogP contribution in [0.2, 0.25) is 0 Å². The number of aryl methyl sites for hydroxylation is 1. The summed E-state index contributed by atoms with van der Waals surface area (Å²) in [5, 5.41) is 13.0. The number of carbonyl (C=O) groups excluding carboxylic acids is 1. The molecule has 1 aromatic carbocycles. The first-order chi connectivity index (χ1) is 11.0. The number of nitrogens with zero attached hydrogens (tertiary/aromatic N) is 2. The molecule has 0 aliphatic rings. The Morgan fingerprint density at radius 3 is 2.78 bits per heavy atom. The minimum absolute atomic E-state index is 0.0255. The van der Waals surface area contributed by atoms with Gasteiger partial charge in [0, 0.05) is 18.7 Å². The summed E-state index contributed by atoms with van der Waals surface area (Å²) in [6.07, 6.45) is 1.35. The van der Waals surface area contributed by atoms with Crippen LogP contribution in [-0.4, -0.2) is 38.5 Å². The van der Waals surface area contributed by atoms with E-state index in [4.69, 9.17) is 5.11 Å². The van der Waals surface area contributed by atoms with Crippen LogP contribution in [0.3, 0.4) is 0 Å². The molecular formula is C17H25N3O2S. The molecule has 1 atom stereocenters. The quantitative estimate of drug-likeness (QED) is 0.728. The number of carbonyl (C=O) groups is 1. The van der Waals surface area contributed by atoms with Crippen molar-refractivity contribution in [2.24, 2.45) is 0 Å². The van der Waals surface area contributed by atoms with Crippen LogP contribution in [0.1, 0.15) is 33.6 Å². The summed E-state index contributed by atoms with van der Waals surface area (Å²) in [5.41, 5.74) is 1.70. The van der Waals surface area contributed by atoms with Crippen molar-refractivity contribution in [3.05, 3.63) is 24.3 Å². The van der Waals surface area contributed by atoms with Crippen LogP contribution in [0.25, 0.3) is 11.0 Å². The zero-order valence-corrected chi connectivity index (χ0v) is 14.8. The number of nitrogens with one attached hydrogen (secondary N) is 1. The van der Waals surface area contributed by atoms with Gasteiger partial charge in [-0.2, -0.15) is 0 Å². The molecule has 2 rings (SSSR count). The molecule has 1 heterocycles. The Morgan fingerprint density at radius 1 is 1.39 bits per heavy atom. The van der Waals surface area contributed by atoms with Crippen molar-refractivity contribution in [2.45, 2.75) is 50.9 Å². The average Bonchev–Trinajstić information content (AvgIpc) is 2.90. The van der Waals surface area contributed by atoms with Gasteiger partial charge in [0.1, 0.15) is 0 Å². The third-order valence-electron chi connectivity index (χ3n) is 4.15. The van der Waals surface area contributed by atoms with Crippen LogP contribution in [0.15, 0.2) is 29.4 Å². The van der Waals surface area contributed by atoms with Crippen molar-refractivity contribution < 1.29 is 9.90 Å². The molecule has 6 heteroatoms. The number of rotatable bonds is 8. The van der Waals surface area contributed by atoms with Crippen LogP contribution >= 0.6 is 11.8 Å². The van der Waals surface area contributed by atoms with Crippen molar-refractivity contribution in [2.75, 3.05) is 12.4 Å². The molecule has 0 aliphatic heterocycles. The highest BCUT2D eigenvalue weighted by molar-refractivity contribution is 7.99. The van der Waals surface area contributed by atoms with Crippen molar-refractivity contribution in [3.63, 3.8) is 0 Å². The monoisotopic (exact) mass is 335 g/mol. The highest BCUT2D eigenvalue weighted by atomic mass is 32.2. The normalized spacial score (nSPS) is 13.9. The van der Waals surface area contributed by atoms with Gasteiger partial charge in [-0.1, -0.05) is 30.8 Å². The predicted octanol–water partition coefficient (Wildman–Crippen LogP) is 2.82. The number of aliphatic hydroxyl groups excluding tert-OH is 1. The molecule has 1 amide bonds. The smallest absolute Gasteiger partial charge is 0.230 e. The fourth-order valence-corrected chi connectivity index (χ4v) is 3.42. The molecule has 0 radical (unpaired) electrons. The average molecular weight is 335 g/mol. The number of benzene rings is 1. The summed E-state index contributed by atoms with van der Waals surface area (Å²) < 4.78 is 2.13. The maximum atomic E-state index is 12.2. The van der Waals surface area contributed by atoms with Crippen molar-refractivity contribution in [1.82, 2.24) is 14.9 Å². The molecule has 0 saturated heterocycles. The Hall–Kier alpha value is -1.53. The fourth-order valence-electron chi connectivity index (χ4n) is 2.55. The Labute approximate surface area is 141 Å². The molecule has 0 spiro atoms. The Kier molecular flexibility index (Phi) is 6.07. The summed E-state index contributed by atoms with van der Waals surface area (Å²) in [6.45, 7) is 6.95. The molecule has 0 saturated carbocycles. The molecule has 23 heavy (non-hydrogen) atoms. The summed E-state index contributed by atoms with van der Waals surface area (Å²) in [6, 6.07) is 8.00. The highest BCUT2D eigenvalue weighted by Gasteiger charge is 2.23. The zero-order chi connectivity index (χ0) is 16.9. The largest absolute Gasteiger partial charge is 0.396 e. The SMILES string of the molecule is CCn1c(SCC(=O)NC(C)(CC)CCO)nc2ccccc21. The van der Waals surface area contributed by atoms with Gasteiger partial charge in [0.2, 0.25) is 5.91 Å². The lowest BCUT2D eigenvalue weighted by Gasteiger charge is -2.28. The standard InChI is InChI=1S/C17H25N3O2S/c1-4-17(3,10-11-21)19-15(22)12-23-16-18-13-8-6-7-9-14(13)20(16)5-2/h6-9,21H,4-5,10-12H2,1-3H3,(H,19,22). The molecule has 1 aromatic heterocycles. The first-order valence-corrected chi connectivity index (χ1v) is 9.01. The lowest BCUT2D eigenvalue weighted by Crippen LogP contribution is -2.46. The number of hydrogen-bond acceptors (Lipinski definition) is 4. The zero-order valence-electron chi connectivity index (χ0n) is 14.0. The second kappa shape index (κ2) is 7.84.